The molecule has 0 fully saturated rings. The zero-order valence-corrected chi connectivity index (χ0v) is 18.3. The maximum atomic E-state index is 5.48. The van der Waals surface area contributed by atoms with Crippen molar-refractivity contribution in [3.8, 4) is 11.5 Å². The molecule has 0 saturated carbocycles. The van der Waals surface area contributed by atoms with Gasteiger partial charge in [-0.1, -0.05) is 12.1 Å². The second-order valence-electron chi connectivity index (χ2n) is 7.60. The number of rotatable bonds is 6. The van der Waals surface area contributed by atoms with Crippen molar-refractivity contribution in [1.29, 1.82) is 0 Å². The van der Waals surface area contributed by atoms with Crippen molar-refractivity contribution in [1.82, 2.24) is 25.1 Å². The third-order valence-corrected chi connectivity index (χ3v) is 5.60. The van der Waals surface area contributed by atoms with Crippen molar-refractivity contribution in [3.63, 3.8) is 0 Å². The molecule has 0 unspecified atom stereocenters. The third kappa shape index (κ3) is 3.67. The lowest BCUT2D eigenvalue weighted by Crippen LogP contribution is -2.23. The van der Waals surface area contributed by atoms with E-state index in [0.717, 1.165) is 30.6 Å². The van der Waals surface area contributed by atoms with E-state index in [1.807, 2.05) is 25.2 Å². The van der Waals surface area contributed by atoms with Crippen LogP contribution in [-0.2, 0) is 20.0 Å². The molecular formula is C23H25N7O2. The second-order valence-corrected chi connectivity index (χ2v) is 7.60. The summed E-state index contributed by atoms with van der Waals surface area (Å²) in [7, 11) is 5.09. The summed E-state index contributed by atoms with van der Waals surface area (Å²) in [4.78, 5) is 9.21. The molecular weight excluding hydrogens is 406 g/mol. The van der Waals surface area contributed by atoms with E-state index in [1.54, 1.807) is 25.1 Å². The van der Waals surface area contributed by atoms with Gasteiger partial charge in [0, 0.05) is 25.5 Å². The summed E-state index contributed by atoms with van der Waals surface area (Å²) in [5.74, 6) is 2.45. The lowest BCUT2D eigenvalue weighted by molar-refractivity contribution is 0.398. The van der Waals surface area contributed by atoms with Gasteiger partial charge in [-0.25, -0.2) is 9.67 Å². The van der Waals surface area contributed by atoms with E-state index in [0.29, 0.717) is 34.6 Å². The molecule has 2 aromatic heterocycles. The number of aromatic nitrogens is 4. The minimum Gasteiger partial charge on any atom is -0.494 e. The number of aryl methyl sites for hydroxylation is 1. The summed E-state index contributed by atoms with van der Waals surface area (Å²) in [5, 5.41) is 15.4. The molecule has 4 aromatic rings. The van der Waals surface area contributed by atoms with E-state index < -0.39 is 0 Å². The van der Waals surface area contributed by atoms with Gasteiger partial charge in [-0.2, -0.15) is 10.1 Å². The fourth-order valence-corrected chi connectivity index (χ4v) is 3.97. The number of methoxy groups -OCH3 is 2. The fourth-order valence-electron chi connectivity index (χ4n) is 3.97. The predicted molar refractivity (Wildman–Crippen MR) is 124 cm³/mol. The molecule has 3 N–H and O–H groups in total. The predicted octanol–water partition coefficient (Wildman–Crippen LogP) is 3.51. The standard InChI is InChI=1S/C23H25N7O2/c1-30-22-17(21(29-30)27-20-18(31-2)5-4-6-19(20)32-3)13-25-23(28-22)26-16-8-7-14-9-10-24-12-15(14)11-16/h4-8,11,13,24H,9-10,12H2,1-3H3,(H,27,29)(H,25,26,28). The van der Waals surface area contributed by atoms with Gasteiger partial charge in [-0.3, -0.25) is 0 Å². The SMILES string of the molecule is COc1cccc(OC)c1Nc1nn(C)c2nc(Nc3ccc4c(c3)CNCC4)ncc12. The van der Waals surface area contributed by atoms with Gasteiger partial charge >= 0.3 is 0 Å². The number of ether oxygens (including phenoxy) is 2. The molecule has 0 radical (unpaired) electrons. The van der Waals surface area contributed by atoms with Crippen LogP contribution in [0.2, 0.25) is 0 Å². The van der Waals surface area contributed by atoms with Crippen LogP contribution in [0, 0.1) is 0 Å². The first-order chi connectivity index (χ1) is 15.7. The highest BCUT2D eigenvalue weighted by Crippen LogP contribution is 2.37. The highest BCUT2D eigenvalue weighted by atomic mass is 16.5. The van der Waals surface area contributed by atoms with Crippen molar-refractivity contribution in [2.75, 3.05) is 31.4 Å². The summed E-state index contributed by atoms with van der Waals surface area (Å²) in [5.41, 5.74) is 5.06. The van der Waals surface area contributed by atoms with E-state index in [2.05, 4.69) is 49.2 Å². The molecule has 9 heteroatoms. The molecule has 0 amide bonds. The Labute approximate surface area is 185 Å². The van der Waals surface area contributed by atoms with E-state index in [4.69, 9.17) is 9.47 Å². The maximum Gasteiger partial charge on any atom is 0.229 e. The lowest BCUT2D eigenvalue weighted by atomic mass is 10.0. The molecule has 2 aromatic carbocycles. The average molecular weight is 432 g/mol. The van der Waals surface area contributed by atoms with Crippen LogP contribution in [-0.4, -0.2) is 40.5 Å². The summed E-state index contributed by atoms with van der Waals surface area (Å²) in [6.07, 6.45) is 2.82. The highest BCUT2D eigenvalue weighted by molar-refractivity contribution is 5.91. The Morgan fingerprint density at radius 1 is 1.03 bits per heavy atom. The third-order valence-electron chi connectivity index (χ3n) is 5.60. The molecule has 1 aliphatic heterocycles. The average Bonchev–Trinajstić information content (AvgIpc) is 3.13. The Morgan fingerprint density at radius 2 is 1.84 bits per heavy atom. The molecule has 0 bridgehead atoms. The minimum atomic E-state index is 0.519. The first-order valence-electron chi connectivity index (χ1n) is 10.4. The summed E-state index contributed by atoms with van der Waals surface area (Å²) < 4.78 is 12.7. The summed E-state index contributed by atoms with van der Waals surface area (Å²) in [6, 6.07) is 12.0. The first-order valence-corrected chi connectivity index (χ1v) is 10.4. The molecule has 3 heterocycles. The van der Waals surface area contributed by atoms with Crippen molar-refractivity contribution in [2.24, 2.45) is 7.05 Å². The van der Waals surface area contributed by atoms with Crippen LogP contribution in [0.5, 0.6) is 11.5 Å². The van der Waals surface area contributed by atoms with Crippen LogP contribution in [0.15, 0.2) is 42.6 Å². The lowest BCUT2D eigenvalue weighted by Gasteiger charge is -2.18. The van der Waals surface area contributed by atoms with Crippen molar-refractivity contribution in [2.45, 2.75) is 13.0 Å². The Balaban J connectivity index is 1.45. The molecule has 164 valence electrons. The Morgan fingerprint density at radius 3 is 2.62 bits per heavy atom. The number of benzene rings is 2. The van der Waals surface area contributed by atoms with Crippen molar-refractivity contribution in [3.05, 3.63) is 53.7 Å². The normalized spacial score (nSPS) is 13.0. The summed E-state index contributed by atoms with van der Waals surface area (Å²) in [6.45, 7) is 1.91. The number of nitrogens with zero attached hydrogens (tertiary/aromatic N) is 4. The molecule has 0 aliphatic carbocycles. The van der Waals surface area contributed by atoms with E-state index in [9.17, 15) is 0 Å². The number of anilines is 4. The zero-order valence-electron chi connectivity index (χ0n) is 18.3. The second kappa shape index (κ2) is 8.35. The van der Waals surface area contributed by atoms with Gasteiger partial charge in [-0.05, 0) is 48.4 Å². The smallest absolute Gasteiger partial charge is 0.229 e. The summed E-state index contributed by atoms with van der Waals surface area (Å²) >= 11 is 0. The number of nitrogens with one attached hydrogen (secondary N) is 3. The van der Waals surface area contributed by atoms with Gasteiger partial charge in [0.05, 0.1) is 19.6 Å². The largest absolute Gasteiger partial charge is 0.494 e. The van der Waals surface area contributed by atoms with Gasteiger partial charge in [0.15, 0.2) is 11.5 Å². The quantitative estimate of drug-likeness (QED) is 0.427. The molecule has 1 aliphatic rings. The van der Waals surface area contributed by atoms with E-state index >= 15 is 0 Å². The van der Waals surface area contributed by atoms with Crippen LogP contribution < -0.4 is 25.4 Å². The minimum absolute atomic E-state index is 0.519. The molecule has 9 nitrogen and oxygen atoms in total. The molecule has 0 spiro atoms. The van der Waals surface area contributed by atoms with Crippen molar-refractivity contribution >= 4 is 34.2 Å². The number of fused-ring (bicyclic) bond motifs is 2. The molecule has 0 atom stereocenters. The van der Waals surface area contributed by atoms with Crippen LogP contribution in [0.4, 0.5) is 23.1 Å². The van der Waals surface area contributed by atoms with Gasteiger partial charge < -0.3 is 25.4 Å². The van der Waals surface area contributed by atoms with Crippen molar-refractivity contribution < 1.29 is 9.47 Å². The maximum absolute atomic E-state index is 5.48. The molecule has 5 rings (SSSR count). The Hall–Kier alpha value is -3.85. The zero-order chi connectivity index (χ0) is 22.1. The highest BCUT2D eigenvalue weighted by Gasteiger charge is 2.17. The van der Waals surface area contributed by atoms with E-state index in [1.165, 1.54) is 11.1 Å². The van der Waals surface area contributed by atoms with Crippen LogP contribution in [0.1, 0.15) is 11.1 Å². The number of hydrogen-bond donors (Lipinski definition) is 3. The fraction of sp³-hybridized carbons (Fsp3) is 0.261. The topological polar surface area (TPSA) is 98.2 Å². The molecule has 32 heavy (non-hydrogen) atoms. The van der Waals surface area contributed by atoms with Crippen LogP contribution in [0.25, 0.3) is 11.0 Å². The monoisotopic (exact) mass is 431 g/mol. The van der Waals surface area contributed by atoms with E-state index in [-0.39, 0.29) is 0 Å². The van der Waals surface area contributed by atoms with Gasteiger partial charge in [-0.15, -0.1) is 0 Å². The first kappa shape index (κ1) is 20.1. The van der Waals surface area contributed by atoms with Gasteiger partial charge in [0.25, 0.3) is 0 Å². The molecule has 0 saturated heterocycles. The Bertz CT molecular complexity index is 1260. The van der Waals surface area contributed by atoms with Gasteiger partial charge in [0.1, 0.15) is 17.2 Å². The van der Waals surface area contributed by atoms with Crippen LogP contribution >= 0.6 is 0 Å². The van der Waals surface area contributed by atoms with Gasteiger partial charge in [0.2, 0.25) is 5.95 Å². The number of hydrogen-bond acceptors (Lipinski definition) is 8. The number of para-hydroxylation sites is 1. The Kier molecular flexibility index (Phi) is 5.24. The van der Waals surface area contributed by atoms with Crippen LogP contribution in [0.3, 0.4) is 0 Å².